The average Bonchev–Trinajstić information content (AvgIpc) is 2.61. The fraction of sp³-hybridized carbons (Fsp3) is 0.556. The van der Waals surface area contributed by atoms with Crippen molar-refractivity contribution in [2.75, 3.05) is 44.6 Å². The molecule has 0 unspecified atom stereocenters. The molecule has 2 heterocycles. The first-order valence-electron chi connectivity index (χ1n) is 8.89. The molecule has 8 heteroatoms. The van der Waals surface area contributed by atoms with Crippen molar-refractivity contribution < 1.29 is 4.79 Å². The number of rotatable bonds is 5. The number of anilines is 1. The molecule has 26 heavy (non-hydrogen) atoms. The number of aromatic nitrogens is 1. The SMILES string of the molecule is CC(=O)N1CCN(CCCN/C(=N/C#N)Nc2ccc(C)nc2C)CC1. The highest BCUT2D eigenvalue weighted by molar-refractivity contribution is 5.94. The summed E-state index contributed by atoms with van der Waals surface area (Å²) in [5.41, 5.74) is 2.64. The molecule has 0 aromatic carbocycles. The number of hydrogen-bond acceptors (Lipinski definition) is 5. The second-order valence-corrected chi connectivity index (χ2v) is 6.40. The number of aliphatic imine (C=N–C) groups is 1. The summed E-state index contributed by atoms with van der Waals surface area (Å²) in [7, 11) is 0. The van der Waals surface area contributed by atoms with Gasteiger partial charge in [0.25, 0.3) is 0 Å². The largest absolute Gasteiger partial charge is 0.355 e. The molecule has 0 atom stereocenters. The maximum atomic E-state index is 11.3. The first-order chi connectivity index (χ1) is 12.5. The van der Waals surface area contributed by atoms with E-state index in [9.17, 15) is 4.79 Å². The predicted octanol–water partition coefficient (Wildman–Crippen LogP) is 1.09. The first kappa shape index (κ1) is 19.7. The fourth-order valence-electron chi connectivity index (χ4n) is 2.90. The van der Waals surface area contributed by atoms with Crippen molar-refractivity contribution in [3.63, 3.8) is 0 Å². The zero-order valence-electron chi connectivity index (χ0n) is 15.7. The summed E-state index contributed by atoms with van der Waals surface area (Å²) in [6.45, 7) is 10.5. The minimum atomic E-state index is 0.149. The monoisotopic (exact) mass is 357 g/mol. The van der Waals surface area contributed by atoms with Crippen LogP contribution in [-0.2, 0) is 4.79 Å². The Kier molecular flexibility index (Phi) is 7.36. The molecule has 2 N–H and O–H groups in total. The standard InChI is InChI=1S/C18H27N7O/c1-14-5-6-17(15(2)22-14)23-18(21-13-19)20-7-4-8-24-9-11-25(12-10-24)16(3)26/h5-6H,4,7-12H2,1-3H3,(H2,20,21,23). The van der Waals surface area contributed by atoms with Gasteiger partial charge in [-0.3, -0.25) is 14.7 Å². The van der Waals surface area contributed by atoms with Crippen molar-refractivity contribution in [3.05, 3.63) is 23.5 Å². The molecule has 1 amide bonds. The molecular weight excluding hydrogens is 330 g/mol. The minimum Gasteiger partial charge on any atom is -0.355 e. The second kappa shape index (κ2) is 9.73. The van der Waals surface area contributed by atoms with Crippen LogP contribution < -0.4 is 10.6 Å². The molecule has 1 saturated heterocycles. The Hall–Kier alpha value is -2.66. The van der Waals surface area contributed by atoms with Crippen molar-refractivity contribution in [2.24, 2.45) is 4.99 Å². The molecular formula is C18H27N7O. The van der Waals surface area contributed by atoms with E-state index in [0.29, 0.717) is 12.5 Å². The second-order valence-electron chi connectivity index (χ2n) is 6.40. The normalized spacial score (nSPS) is 15.5. The third-order valence-corrected chi connectivity index (χ3v) is 4.40. The van der Waals surface area contributed by atoms with Crippen molar-refractivity contribution in [1.29, 1.82) is 5.26 Å². The van der Waals surface area contributed by atoms with Gasteiger partial charge in [0.1, 0.15) is 0 Å². The van der Waals surface area contributed by atoms with Gasteiger partial charge in [0.2, 0.25) is 18.1 Å². The molecule has 2 rings (SSSR count). The van der Waals surface area contributed by atoms with E-state index in [2.05, 4.69) is 25.5 Å². The number of nitrogens with zero attached hydrogens (tertiary/aromatic N) is 5. The Morgan fingerprint density at radius 3 is 2.65 bits per heavy atom. The van der Waals surface area contributed by atoms with Crippen LogP contribution in [-0.4, -0.2) is 65.9 Å². The molecule has 1 aliphatic heterocycles. The Morgan fingerprint density at radius 1 is 1.31 bits per heavy atom. The van der Waals surface area contributed by atoms with Crippen LogP contribution in [0.3, 0.4) is 0 Å². The zero-order chi connectivity index (χ0) is 18.9. The number of pyridine rings is 1. The first-order valence-corrected chi connectivity index (χ1v) is 8.89. The highest BCUT2D eigenvalue weighted by Gasteiger charge is 2.17. The Balaban J connectivity index is 1.75. The van der Waals surface area contributed by atoms with E-state index in [1.807, 2.05) is 37.1 Å². The van der Waals surface area contributed by atoms with Gasteiger partial charge in [-0.25, -0.2) is 0 Å². The number of nitriles is 1. The lowest BCUT2D eigenvalue weighted by molar-refractivity contribution is -0.130. The van der Waals surface area contributed by atoms with Crippen LogP contribution in [0.25, 0.3) is 0 Å². The van der Waals surface area contributed by atoms with E-state index in [4.69, 9.17) is 5.26 Å². The molecule has 1 aromatic heterocycles. The Morgan fingerprint density at radius 2 is 2.04 bits per heavy atom. The third-order valence-electron chi connectivity index (χ3n) is 4.40. The van der Waals surface area contributed by atoms with E-state index in [0.717, 1.165) is 56.2 Å². The molecule has 8 nitrogen and oxygen atoms in total. The number of carbonyl (C=O) groups excluding carboxylic acids is 1. The Bertz CT molecular complexity index is 687. The van der Waals surface area contributed by atoms with Gasteiger partial charge in [-0.2, -0.15) is 5.26 Å². The van der Waals surface area contributed by atoms with Crippen LogP contribution in [0.1, 0.15) is 24.7 Å². The van der Waals surface area contributed by atoms with Gasteiger partial charge < -0.3 is 15.5 Å². The van der Waals surface area contributed by atoms with E-state index in [1.54, 1.807) is 6.92 Å². The van der Waals surface area contributed by atoms with E-state index in [-0.39, 0.29) is 5.91 Å². The average molecular weight is 357 g/mol. The molecule has 0 spiro atoms. The summed E-state index contributed by atoms with van der Waals surface area (Å²) >= 11 is 0. The summed E-state index contributed by atoms with van der Waals surface area (Å²) in [6, 6.07) is 3.85. The number of carbonyl (C=O) groups is 1. The van der Waals surface area contributed by atoms with Crippen LogP contribution in [0, 0.1) is 25.3 Å². The molecule has 0 saturated carbocycles. The lowest BCUT2D eigenvalue weighted by Crippen LogP contribution is -2.48. The zero-order valence-corrected chi connectivity index (χ0v) is 15.7. The summed E-state index contributed by atoms with van der Waals surface area (Å²) in [5.74, 6) is 0.582. The van der Waals surface area contributed by atoms with Crippen molar-refractivity contribution in [3.8, 4) is 6.19 Å². The number of aryl methyl sites for hydroxylation is 2. The molecule has 0 radical (unpaired) electrons. The lowest BCUT2D eigenvalue weighted by atomic mass is 10.2. The maximum absolute atomic E-state index is 11.3. The highest BCUT2D eigenvalue weighted by atomic mass is 16.2. The number of hydrogen-bond donors (Lipinski definition) is 2. The number of guanidine groups is 1. The van der Waals surface area contributed by atoms with Gasteiger partial charge in [0, 0.05) is 45.3 Å². The molecule has 0 aliphatic carbocycles. The fourth-order valence-corrected chi connectivity index (χ4v) is 2.90. The number of nitrogens with one attached hydrogen (secondary N) is 2. The number of amides is 1. The van der Waals surface area contributed by atoms with Gasteiger partial charge in [-0.15, -0.1) is 4.99 Å². The van der Waals surface area contributed by atoms with Crippen LogP contribution in [0.2, 0.25) is 0 Å². The van der Waals surface area contributed by atoms with Crippen LogP contribution >= 0.6 is 0 Å². The van der Waals surface area contributed by atoms with Crippen molar-refractivity contribution in [2.45, 2.75) is 27.2 Å². The van der Waals surface area contributed by atoms with Crippen LogP contribution in [0.15, 0.2) is 17.1 Å². The molecule has 1 fully saturated rings. The Labute approximate surface area is 154 Å². The van der Waals surface area contributed by atoms with Gasteiger partial charge in [0.15, 0.2) is 0 Å². The molecule has 0 bridgehead atoms. The summed E-state index contributed by atoms with van der Waals surface area (Å²) in [5, 5.41) is 15.2. The highest BCUT2D eigenvalue weighted by Crippen LogP contribution is 2.12. The molecule has 1 aromatic rings. The topological polar surface area (TPSA) is 96.7 Å². The van der Waals surface area contributed by atoms with E-state index < -0.39 is 0 Å². The maximum Gasteiger partial charge on any atom is 0.219 e. The van der Waals surface area contributed by atoms with Crippen molar-refractivity contribution >= 4 is 17.6 Å². The molecule has 140 valence electrons. The number of piperazine rings is 1. The van der Waals surface area contributed by atoms with Crippen molar-refractivity contribution in [1.82, 2.24) is 20.1 Å². The van der Waals surface area contributed by atoms with E-state index in [1.165, 1.54) is 0 Å². The van der Waals surface area contributed by atoms with Crippen LogP contribution in [0.5, 0.6) is 0 Å². The van der Waals surface area contributed by atoms with Gasteiger partial charge in [-0.05, 0) is 38.9 Å². The molecule has 1 aliphatic rings. The minimum absolute atomic E-state index is 0.149. The van der Waals surface area contributed by atoms with Gasteiger partial charge >= 0.3 is 0 Å². The quantitative estimate of drug-likeness (QED) is 0.354. The smallest absolute Gasteiger partial charge is 0.219 e. The predicted molar refractivity (Wildman–Crippen MR) is 102 cm³/mol. The third kappa shape index (κ3) is 6.01. The lowest BCUT2D eigenvalue weighted by Gasteiger charge is -2.34. The van der Waals surface area contributed by atoms with Crippen LogP contribution in [0.4, 0.5) is 5.69 Å². The van der Waals surface area contributed by atoms with Gasteiger partial charge in [0.05, 0.1) is 11.4 Å². The summed E-state index contributed by atoms with van der Waals surface area (Å²) < 4.78 is 0. The summed E-state index contributed by atoms with van der Waals surface area (Å²) in [4.78, 5) is 23.8. The van der Waals surface area contributed by atoms with Gasteiger partial charge in [-0.1, -0.05) is 0 Å². The summed E-state index contributed by atoms with van der Waals surface area (Å²) in [6.07, 6.45) is 2.75. The van der Waals surface area contributed by atoms with E-state index >= 15 is 0 Å².